The van der Waals surface area contributed by atoms with Crippen molar-refractivity contribution in [2.45, 2.75) is 25.7 Å². The van der Waals surface area contributed by atoms with Crippen molar-refractivity contribution in [1.82, 2.24) is 0 Å². The van der Waals surface area contributed by atoms with E-state index in [1.54, 1.807) is 0 Å². The smallest absolute Gasteiger partial charge is 0.0230 e. The first-order valence-electron chi connectivity index (χ1n) is 3.15. The van der Waals surface area contributed by atoms with Gasteiger partial charge in [-0.2, -0.15) is 0 Å². The summed E-state index contributed by atoms with van der Waals surface area (Å²) >= 11 is 0. The monoisotopic (exact) mass is 107 g/mol. The molecule has 0 N–H and O–H groups in total. The first-order valence-corrected chi connectivity index (χ1v) is 3.15. The van der Waals surface area contributed by atoms with Crippen LogP contribution < -0.4 is 0 Å². The Balaban J connectivity index is 2.49. The Bertz CT molecular complexity index is 109. The van der Waals surface area contributed by atoms with Crippen molar-refractivity contribution in [3.05, 3.63) is 24.3 Å². The number of allylic oxidation sites excluding steroid dienone is 3. The molecule has 0 fully saturated rings. The van der Waals surface area contributed by atoms with Gasteiger partial charge in [0.1, 0.15) is 0 Å². The van der Waals surface area contributed by atoms with Gasteiger partial charge in [0, 0.05) is 0 Å². The van der Waals surface area contributed by atoms with Gasteiger partial charge in [0.05, 0.1) is 0 Å². The van der Waals surface area contributed by atoms with Crippen LogP contribution in [0.2, 0.25) is 0 Å². The Morgan fingerprint density at radius 2 is 2.38 bits per heavy atom. The lowest BCUT2D eigenvalue weighted by Gasteiger charge is -2.06. The molecular weight excluding hydrogens is 96.1 g/mol. The van der Waals surface area contributed by atoms with Crippen LogP contribution in [-0.4, -0.2) is 0 Å². The van der Waals surface area contributed by atoms with Gasteiger partial charge in [-0.25, -0.2) is 0 Å². The predicted molar refractivity (Wildman–Crippen MR) is 35.4 cm³/mol. The van der Waals surface area contributed by atoms with Crippen LogP contribution in [0.3, 0.4) is 0 Å². The molecule has 8 heavy (non-hydrogen) atoms. The van der Waals surface area contributed by atoms with E-state index in [9.17, 15) is 0 Å². The second-order valence-corrected chi connectivity index (χ2v) is 2.15. The van der Waals surface area contributed by atoms with Crippen LogP contribution in [0, 0.1) is 6.08 Å². The summed E-state index contributed by atoms with van der Waals surface area (Å²) in [6.45, 7) is 3.59. The van der Waals surface area contributed by atoms with Crippen molar-refractivity contribution in [1.29, 1.82) is 0 Å². The Hall–Kier alpha value is -0.520. The van der Waals surface area contributed by atoms with Crippen LogP contribution >= 0.6 is 0 Å². The Kier molecular flexibility index (Phi) is 1.90. The van der Waals surface area contributed by atoms with Gasteiger partial charge in [-0.15, -0.1) is 0 Å². The molecule has 1 aliphatic carbocycles. The normalized spacial score (nSPS) is 19.8. The van der Waals surface area contributed by atoms with Gasteiger partial charge >= 0.3 is 0 Å². The molecule has 0 saturated carbocycles. The average molecular weight is 107 g/mol. The maximum atomic E-state index is 3.59. The molecule has 0 heterocycles. The van der Waals surface area contributed by atoms with Gasteiger partial charge in [0.15, 0.2) is 0 Å². The van der Waals surface area contributed by atoms with E-state index in [0.717, 1.165) is 0 Å². The molecule has 0 amide bonds. The lowest BCUT2D eigenvalue weighted by atomic mass is 10.0. The van der Waals surface area contributed by atoms with E-state index < -0.39 is 0 Å². The Morgan fingerprint density at radius 1 is 1.50 bits per heavy atom. The third kappa shape index (κ3) is 1.22. The highest BCUT2D eigenvalue weighted by atomic mass is 14.0. The molecule has 0 aromatic heterocycles. The van der Waals surface area contributed by atoms with E-state index >= 15 is 0 Å². The highest BCUT2D eigenvalue weighted by Crippen LogP contribution is 2.16. The number of hydrogen-bond acceptors (Lipinski definition) is 0. The zero-order valence-corrected chi connectivity index (χ0v) is 5.11. The van der Waals surface area contributed by atoms with E-state index in [1.807, 2.05) is 0 Å². The van der Waals surface area contributed by atoms with E-state index in [1.165, 1.54) is 31.3 Å². The molecule has 1 aliphatic rings. The fourth-order valence-electron chi connectivity index (χ4n) is 0.999. The van der Waals surface area contributed by atoms with E-state index in [0.29, 0.717) is 0 Å². The summed E-state index contributed by atoms with van der Waals surface area (Å²) in [5.74, 6) is 0. The lowest BCUT2D eigenvalue weighted by molar-refractivity contribution is 0.710. The molecule has 0 aromatic rings. The standard InChI is InChI=1S/C8H11/c1-2-8-6-4-3-5-7-8/h6H,1,3-5,7H2. The molecule has 0 spiro atoms. The molecule has 0 saturated heterocycles. The molecule has 0 aromatic carbocycles. The van der Waals surface area contributed by atoms with Gasteiger partial charge in [0.2, 0.25) is 0 Å². The highest BCUT2D eigenvalue weighted by molar-refractivity contribution is 5.11. The molecule has 43 valence electrons. The van der Waals surface area contributed by atoms with Crippen molar-refractivity contribution >= 4 is 0 Å². The average Bonchev–Trinajstić information content (AvgIpc) is 1.90. The summed E-state index contributed by atoms with van der Waals surface area (Å²) in [7, 11) is 0. The third-order valence-electron chi connectivity index (χ3n) is 1.52. The predicted octanol–water partition coefficient (Wildman–Crippen LogP) is 2.48. The largest absolute Gasteiger partial charge is 0.0909 e. The summed E-state index contributed by atoms with van der Waals surface area (Å²) in [6, 6.07) is 0. The van der Waals surface area contributed by atoms with E-state index in [4.69, 9.17) is 0 Å². The molecule has 0 nitrogen and oxygen atoms in total. The van der Waals surface area contributed by atoms with Gasteiger partial charge < -0.3 is 0 Å². The minimum atomic E-state index is 1.20. The van der Waals surface area contributed by atoms with Crippen molar-refractivity contribution < 1.29 is 0 Å². The third-order valence-corrected chi connectivity index (χ3v) is 1.52. The van der Waals surface area contributed by atoms with Crippen LogP contribution in [0.25, 0.3) is 0 Å². The van der Waals surface area contributed by atoms with Crippen molar-refractivity contribution in [3.8, 4) is 0 Å². The van der Waals surface area contributed by atoms with Crippen LogP contribution in [-0.2, 0) is 0 Å². The zero-order chi connectivity index (χ0) is 5.82. The molecule has 1 rings (SSSR count). The minimum Gasteiger partial charge on any atom is -0.0909 e. The SMILES string of the molecule is C=[C]C1=CCCCC1. The highest BCUT2D eigenvalue weighted by Gasteiger charge is 1.97. The molecule has 0 unspecified atom stereocenters. The molecular formula is C8H11. The second kappa shape index (κ2) is 2.71. The summed E-state index contributed by atoms with van der Waals surface area (Å²) in [6.07, 6.45) is 10.3. The fourth-order valence-corrected chi connectivity index (χ4v) is 0.999. The van der Waals surface area contributed by atoms with Gasteiger partial charge in [-0.1, -0.05) is 12.7 Å². The van der Waals surface area contributed by atoms with Crippen molar-refractivity contribution in [2.75, 3.05) is 0 Å². The maximum Gasteiger partial charge on any atom is -0.0230 e. The number of hydrogen-bond donors (Lipinski definition) is 0. The molecule has 0 heteroatoms. The van der Waals surface area contributed by atoms with Gasteiger partial charge in [-0.3, -0.25) is 0 Å². The maximum absolute atomic E-state index is 3.59. The van der Waals surface area contributed by atoms with Crippen LogP contribution in [0.5, 0.6) is 0 Å². The first-order chi connectivity index (χ1) is 3.93. The lowest BCUT2D eigenvalue weighted by Crippen LogP contribution is -1.87. The number of rotatable bonds is 1. The topological polar surface area (TPSA) is 0 Å². The zero-order valence-electron chi connectivity index (χ0n) is 5.11. The minimum absolute atomic E-state index is 1.20. The summed E-state index contributed by atoms with van der Waals surface area (Å²) in [4.78, 5) is 0. The molecule has 0 aliphatic heterocycles. The molecule has 0 atom stereocenters. The van der Waals surface area contributed by atoms with Crippen molar-refractivity contribution in [3.63, 3.8) is 0 Å². The van der Waals surface area contributed by atoms with Gasteiger partial charge in [-0.05, 0) is 37.3 Å². The molecule has 0 bridgehead atoms. The van der Waals surface area contributed by atoms with E-state index in [2.05, 4.69) is 18.7 Å². The fraction of sp³-hybridized carbons (Fsp3) is 0.500. The van der Waals surface area contributed by atoms with Crippen LogP contribution in [0.1, 0.15) is 25.7 Å². The second-order valence-electron chi connectivity index (χ2n) is 2.15. The first kappa shape index (κ1) is 5.61. The molecule has 1 radical (unpaired) electrons. The van der Waals surface area contributed by atoms with Crippen molar-refractivity contribution in [2.24, 2.45) is 0 Å². The van der Waals surface area contributed by atoms with Crippen LogP contribution in [0.4, 0.5) is 0 Å². The summed E-state index contributed by atoms with van der Waals surface area (Å²) in [5, 5.41) is 0. The van der Waals surface area contributed by atoms with Gasteiger partial charge in [0.25, 0.3) is 0 Å². The Morgan fingerprint density at radius 3 is 2.75 bits per heavy atom. The van der Waals surface area contributed by atoms with Crippen LogP contribution in [0.15, 0.2) is 18.2 Å². The summed E-state index contributed by atoms with van der Waals surface area (Å²) < 4.78 is 0. The van der Waals surface area contributed by atoms with E-state index in [-0.39, 0.29) is 0 Å². The summed E-state index contributed by atoms with van der Waals surface area (Å²) in [5.41, 5.74) is 1.32. The Labute approximate surface area is 50.9 Å². The quantitative estimate of drug-likeness (QED) is 0.483.